The van der Waals surface area contributed by atoms with Gasteiger partial charge in [-0.3, -0.25) is 4.79 Å². The zero-order valence-electron chi connectivity index (χ0n) is 12.8. The predicted octanol–water partition coefficient (Wildman–Crippen LogP) is 4.79. The average molecular weight is 319 g/mol. The molecule has 0 fully saturated rings. The van der Waals surface area contributed by atoms with E-state index in [1.54, 1.807) is 0 Å². The van der Waals surface area contributed by atoms with Crippen molar-refractivity contribution in [2.45, 2.75) is 45.7 Å². The van der Waals surface area contributed by atoms with Gasteiger partial charge in [0.1, 0.15) is 5.82 Å². The summed E-state index contributed by atoms with van der Waals surface area (Å²) < 4.78 is 51.2. The second kappa shape index (κ2) is 8.15. The lowest BCUT2D eigenvalue weighted by molar-refractivity contribution is -0.137. The molecule has 1 aromatic rings. The van der Waals surface area contributed by atoms with Crippen LogP contribution in [0.3, 0.4) is 0 Å². The van der Waals surface area contributed by atoms with Gasteiger partial charge in [-0.1, -0.05) is 26.7 Å². The summed E-state index contributed by atoms with van der Waals surface area (Å²) in [7, 11) is 0. The molecule has 0 atom stereocenters. The van der Waals surface area contributed by atoms with Crippen LogP contribution in [-0.2, 0) is 6.18 Å². The van der Waals surface area contributed by atoms with Gasteiger partial charge in [-0.25, -0.2) is 4.39 Å². The van der Waals surface area contributed by atoms with E-state index in [1.807, 2.05) is 13.8 Å². The second-order valence-corrected chi connectivity index (χ2v) is 5.38. The molecular formula is C16H21F4NO. The Balaban J connectivity index is 2.79. The van der Waals surface area contributed by atoms with Gasteiger partial charge in [-0.15, -0.1) is 0 Å². The molecule has 2 nitrogen and oxygen atoms in total. The van der Waals surface area contributed by atoms with Crippen LogP contribution in [0.4, 0.5) is 17.6 Å². The van der Waals surface area contributed by atoms with Gasteiger partial charge in [0.2, 0.25) is 0 Å². The number of hydrogen-bond donors (Lipinski definition) is 1. The van der Waals surface area contributed by atoms with Gasteiger partial charge < -0.3 is 5.32 Å². The fourth-order valence-electron chi connectivity index (χ4n) is 2.39. The van der Waals surface area contributed by atoms with Gasteiger partial charge in [0.05, 0.1) is 5.56 Å². The summed E-state index contributed by atoms with van der Waals surface area (Å²) in [5.74, 6) is -1.46. The minimum atomic E-state index is -4.68. The second-order valence-electron chi connectivity index (χ2n) is 5.38. The molecular weight excluding hydrogens is 298 g/mol. The van der Waals surface area contributed by atoms with Gasteiger partial charge in [0, 0.05) is 12.1 Å². The van der Waals surface area contributed by atoms with Crippen LogP contribution in [0.2, 0.25) is 0 Å². The van der Waals surface area contributed by atoms with Crippen LogP contribution >= 0.6 is 0 Å². The Morgan fingerprint density at radius 2 is 1.73 bits per heavy atom. The van der Waals surface area contributed by atoms with Crippen molar-refractivity contribution < 1.29 is 22.4 Å². The smallest absolute Gasteiger partial charge is 0.352 e. The van der Waals surface area contributed by atoms with Crippen LogP contribution in [0.25, 0.3) is 0 Å². The van der Waals surface area contributed by atoms with E-state index >= 15 is 0 Å². The van der Waals surface area contributed by atoms with Crippen LogP contribution in [0.5, 0.6) is 0 Å². The first kappa shape index (κ1) is 18.5. The van der Waals surface area contributed by atoms with Crippen LogP contribution < -0.4 is 5.32 Å². The Kier molecular flexibility index (Phi) is 6.84. The molecule has 0 bridgehead atoms. The van der Waals surface area contributed by atoms with E-state index in [4.69, 9.17) is 0 Å². The van der Waals surface area contributed by atoms with Crippen molar-refractivity contribution in [3.63, 3.8) is 0 Å². The lowest BCUT2D eigenvalue weighted by Gasteiger charge is -2.16. The van der Waals surface area contributed by atoms with Crippen molar-refractivity contribution in [1.29, 1.82) is 0 Å². The maximum atomic E-state index is 13.3. The van der Waals surface area contributed by atoms with Gasteiger partial charge in [-0.05, 0) is 37.0 Å². The van der Waals surface area contributed by atoms with Crippen molar-refractivity contribution >= 4 is 5.91 Å². The van der Waals surface area contributed by atoms with Crippen LogP contribution in [0.15, 0.2) is 18.2 Å². The largest absolute Gasteiger partial charge is 0.416 e. The molecule has 6 heteroatoms. The predicted molar refractivity (Wildman–Crippen MR) is 77.0 cm³/mol. The fraction of sp³-hybridized carbons (Fsp3) is 0.562. The third kappa shape index (κ3) is 5.66. The maximum absolute atomic E-state index is 13.3. The first-order valence-electron chi connectivity index (χ1n) is 7.43. The Bertz CT molecular complexity index is 493. The van der Waals surface area contributed by atoms with E-state index in [9.17, 15) is 22.4 Å². The number of carbonyl (C=O) groups excluding carboxylic acids is 1. The molecule has 1 rings (SSSR count). The van der Waals surface area contributed by atoms with Crippen LogP contribution in [0.1, 0.15) is 55.5 Å². The SMILES string of the molecule is CCCC(CCC)CNC(=O)c1cc(F)cc(C(F)(F)F)c1. The van der Waals surface area contributed by atoms with Crippen LogP contribution in [-0.4, -0.2) is 12.5 Å². The first-order valence-corrected chi connectivity index (χ1v) is 7.43. The molecule has 1 amide bonds. The zero-order valence-corrected chi connectivity index (χ0v) is 12.8. The van der Waals surface area contributed by atoms with Crippen molar-refractivity contribution in [3.05, 3.63) is 35.1 Å². The molecule has 22 heavy (non-hydrogen) atoms. The molecule has 1 N–H and O–H groups in total. The molecule has 124 valence electrons. The lowest BCUT2D eigenvalue weighted by Crippen LogP contribution is -2.29. The summed E-state index contributed by atoms with van der Waals surface area (Å²) in [4.78, 5) is 11.9. The van der Waals surface area contributed by atoms with E-state index < -0.39 is 23.5 Å². The van der Waals surface area contributed by atoms with Crippen molar-refractivity contribution in [2.24, 2.45) is 5.92 Å². The number of amides is 1. The molecule has 0 aromatic heterocycles. The maximum Gasteiger partial charge on any atom is 0.416 e. The highest BCUT2D eigenvalue weighted by Gasteiger charge is 2.32. The number of rotatable bonds is 7. The highest BCUT2D eigenvalue weighted by molar-refractivity contribution is 5.94. The minimum absolute atomic E-state index is 0.287. The topological polar surface area (TPSA) is 29.1 Å². The minimum Gasteiger partial charge on any atom is -0.352 e. The Morgan fingerprint density at radius 1 is 1.14 bits per heavy atom. The molecule has 0 radical (unpaired) electrons. The molecule has 0 aliphatic rings. The molecule has 0 aliphatic carbocycles. The molecule has 0 saturated carbocycles. The highest BCUT2D eigenvalue weighted by atomic mass is 19.4. The monoisotopic (exact) mass is 319 g/mol. The summed E-state index contributed by atoms with van der Waals surface area (Å²) >= 11 is 0. The van der Waals surface area contributed by atoms with E-state index in [2.05, 4.69) is 5.32 Å². The standard InChI is InChI=1S/C16H21F4NO/c1-3-5-11(6-4-2)10-21-15(22)12-7-13(16(18,19)20)9-14(17)8-12/h7-9,11H,3-6,10H2,1-2H3,(H,21,22). The number of nitrogens with one attached hydrogen (secondary N) is 1. The van der Waals surface area contributed by atoms with Crippen LogP contribution in [0, 0.1) is 11.7 Å². The van der Waals surface area contributed by atoms with Crippen molar-refractivity contribution in [1.82, 2.24) is 5.32 Å². The van der Waals surface area contributed by atoms with Gasteiger partial charge in [0.25, 0.3) is 5.91 Å². The molecule has 0 aliphatic heterocycles. The summed E-state index contributed by atoms with van der Waals surface area (Å²) in [6, 6.07) is 1.88. The molecule has 0 spiro atoms. The van der Waals surface area contributed by atoms with Gasteiger partial charge >= 0.3 is 6.18 Å². The zero-order chi connectivity index (χ0) is 16.8. The Labute approximate surface area is 127 Å². The van der Waals surface area contributed by atoms with Gasteiger partial charge in [0.15, 0.2) is 0 Å². The molecule has 0 saturated heterocycles. The third-order valence-electron chi connectivity index (χ3n) is 3.43. The Morgan fingerprint density at radius 3 is 2.23 bits per heavy atom. The van der Waals surface area contributed by atoms with E-state index in [1.165, 1.54) is 0 Å². The number of alkyl halides is 3. The highest BCUT2D eigenvalue weighted by Crippen LogP contribution is 2.30. The van der Waals surface area contributed by atoms with Crippen molar-refractivity contribution in [3.8, 4) is 0 Å². The lowest BCUT2D eigenvalue weighted by atomic mass is 9.98. The number of halogens is 4. The number of hydrogen-bond acceptors (Lipinski definition) is 1. The Hall–Kier alpha value is -1.59. The quantitative estimate of drug-likeness (QED) is 0.719. The normalized spacial score (nSPS) is 11.8. The van der Waals surface area contributed by atoms with Crippen molar-refractivity contribution in [2.75, 3.05) is 6.54 Å². The molecule has 0 unspecified atom stereocenters. The fourth-order valence-corrected chi connectivity index (χ4v) is 2.39. The van der Waals surface area contributed by atoms with E-state index in [0.717, 1.165) is 31.7 Å². The first-order chi connectivity index (χ1) is 10.3. The van der Waals surface area contributed by atoms with Gasteiger partial charge in [-0.2, -0.15) is 13.2 Å². The number of carbonyl (C=O) groups is 1. The summed E-state index contributed by atoms with van der Waals surface area (Å²) in [6.07, 6.45) is -0.863. The van der Waals surface area contributed by atoms with E-state index in [0.29, 0.717) is 18.7 Å². The summed E-state index contributed by atoms with van der Waals surface area (Å²) in [5.41, 5.74) is -1.46. The molecule has 1 aromatic carbocycles. The molecule has 0 heterocycles. The third-order valence-corrected chi connectivity index (χ3v) is 3.43. The average Bonchev–Trinajstić information content (AvgIpc) is 2.43. The van der Waals surface area contributed by atoms with E-state index in [-0.39, 0.29) is 11.5 Å². The number of benzene rings is 1. The summed E-state index contributed by atoms with van der Waals surface area (Å²) in [6.45, 7) is 4.46. The summed E-state index contributed by atoms with van der Waals surface area (Å²) in [5, 5.41) is 2.60.